The van der Waals surface area contributed by atoms with Crippen LogP contribution in [0.1, 0.15) is 29.8 Å². The van der Waals surface area contributed by atoms with E-state index in [1.807, 2.05) is 32.0 Å². The topological polar surface area (TPSA) is 38.3 Å². The van der Waals surface area contributed by atoms with E-state index in [1.165, 1.54) is 25.3 Å². The molecule has 0 unspecified atom stereocenters. The van der Waals surface area contributed by atoms with E-state index in [0.717, 1.165) is 5.56 Å². The van der Waals surface area contributed by atoms with Crippen LogP contribution in [0.15, 0.2) is 42.5 Å². The number of amides is 1. The van der Waals surface area contributed by atoms with Gasteiger partial charge in [-0.05, 0) is 35.9 Å². The van der Waals surface area contributed by atoms with E-state index in [1.54, 1.807) is 6.07 Å². The van der Waals surface area contributed by atoms with Crippen molar-refractivity contribution in [2.75, 3.05) is 13.7 Å². The Morgan fingerprint density at radius 2 is 2.00 bits per heavy atom. The number of benzene rings is 2. The molecule has 5 heteroatoms. The van der Waals surface area contributed by atoms with Crippen molar-refractivity contribution in [3.63, 3.8) is 0 Å². The minimum atomic E-state index is -0.481. The number of hydrogen-bond donors (Lipinski definition) is 1. The summed E-state index contributed by atoms with van der Waals surface area (Å²) in [4.78, 5) is 12.3. The quantitative estimate of drug-likeness (QED) is 0.889. The van der Waals surface area contributed by atoms with E-state index in [-0.39, 0.29) is 16.9 Å². The average molecular weight is 336 g/mol. The number of halogens is 2. The van der Waals surface area contributed by atoms with Crippen LogP contribution in [0.2, 0.25) is 5.02 Å². The third kappa shape index (κ3) is 4.23. The van der Waals surface area contributed by atoms with Crippen LogP contribution in [0.25, 0.3) is 0 Å². The number of rotatable bonds is 5. The Hall–Kier alpha value is -2.07. The zero-order chi connectivity index (χ0) is 17.0. The van der Waals surface area contributed by atoms with Crippen LogP contribution >= 0.6 is 11.6 Å². The molecule has 0 saturated heterocycles. The summed E-state index contributed by atoms with van der Waals surface area (Å²) in [6.45, 7) is 4.38. The number of nitrogens with one attached hydrogen (secondary N) is 1. The van der Waals surface area contributed by atoms with Crippen molar-refractivity contribution in [3.05, 3.63) is 64.4 Å². The molecule has 2 aromatic carbocycles. The van der Waals surface area contributed by atoms with Gasteiger partial charge in [-0.3, -0.25) is 4.79 Å². The first kappa shape index (κ1) is 17.3. The molecule has 0 aliphatic rings. The number of carbonyl (C=O) groups is 1. The van der Waals surface area contributed by atoms with Crippen LogP contribution in [0.3, 0.4) is 0 Å². The van der Waals surface area contributed by atoms with Crippen LogP contribution in [0, 0.1) is 5.82 Å². The Morgan fingerprint density at radius 3 is 2.65 bits per heavy atom. The predicted octanol–water partition coefficient (Wildman–Crippen LogP) is 4.20. The van der Waals surface area contributed by atoms with Gasteiger partial charge < -0.3 is 10.1 Å². The van der Waals surface area contributed by atoms with Gasteiger partial charge in [-0.1, -0.05) is 37.6 Å². The van der Waals surface area contributed by atoms with Gasteiger partial charge in [0.15, 0.2) is 0 Å². The molecule has 3 nitrogen and oxygen atoms in total. The van der Waals surface area contributed by atoms with Crippen LogP contribution in [-0.4, -0.2) is 19.6 Å². The first-order valence-corrected chi connectivity index (χ1v) is 7.59. The molecule has 0 fully saturated rings. The van der Waals surface area contributed by atoms with E-state index in [0.29, 0.717) is 17.3 Å². The van der Waals surface area contributed by atoms with Gasteiger partial charge in [0, 0.05) is 17.0 Å². The lowest BCUT2D eigenvalue weighted by molar-refractivity contribution is 0.0942. The third-order valence-electron chi connectivity index (χ3n) is 3.70. The number of methoxy groups -OCH3 is 1. The van der Waals surface area contributed by atoms with Crippen LogP contribution in [-0.2, 0) is 5.41 Å². The molecule has 0 radical (unpaired) electrons. The minimum Gasteiger partial charge on any atom is -0.496 e. The second-order valence-corrected chi connectivity index (χ2v) is 6.36. The Balaban J connectivity index is 2.14. The minimum absolute atomic E-state index is 0.175. The van der Waals surface area contributed by atoms with Crippen molar-refractivity contribution < 1.29 is 13.9 Å². The summed E-state index contributed by atoms with van der Waals surface area (Å²) in [7, 11) is 1.44. The Kier molecular flexibility index (Phi) is 5.26. The van der Waals surface area contributed by atoms with Gasteiger partial charge in [0.05, 0.1) is 12.7 Å². The van der Waals surface area contributed by atoms with Gasteiger partial charge in [-0.15, -0.1) is 0 Å². The molecule has 0 atom stereocenters. The molecule has 1 N–H and O–H groups in total. The van der Waals surface area contributed by atoms with Crippen molar-refractivity contribution >= 4 is 17.5 Å². The summed E-state index contributed by atoms with van der Waals surface area (Å²) in [5.41, 5.74) is 0.868. The molecule has 0 bridgehead atoms. The third-order valence-corrected chi connectivity index (χ3v) is 3.94. The zero-order valence-electron chi connectivity index (χ0n) is 13.3. The van der Waals surface area contributed by atoms with Gasteiger partial charge in [0.1, 0.15) is 11.6 Å². The lowest BCUT2D eigenvalue weighted by atomic mass is 9.84. The zero-order valence-corrected chi connectivity index (χ0v) is 14.1. The highest BCUT2D eigenvalue weighted by molar-refractivity contribution is 6.30. The maximum Gasteiger partial charge on any atom is 0.255 e. The summed E-state index contributed by atoms with van der Waals surface area (Å²) < 4.78 is 18.5. The van der Waals surface area contributed by atoms with Gasteiger partial charge >= 0.3 is 0 Å². The molecule has 0 aliphatic heterocycles. The molecule has 0 saturated carbocycles. The van der Waals surface area contributed by atoms with E-state index in [2.05, 4.69) is 5.32 Å². The van der Waals surface area contributed by atoms with E-state index in [9.17, 15) is 9.18 Å². The summed E-state index contributed by atoms with van der Waals surface area (Å²) >= 11 is 6.02. The second kappa shape index (κ2) is 7.01. The Bertz CT molecular complexity index is 716. The second-order valence-electron chi connectivity index (χ2n) is 5.92. The van der Waals surface area contributed by atoms with E-state index in [4.69, 9.17) is 16.3 Å². The molecular formula is C18H19ClFNO2. The maximum absolute atomic E-state index is 13.4. The predicted molar refractivity (Wildman–Crippen MR) is 89.8 cm³/mol. The van der Waals surface area contributed by atoms with Gasteiger partial charge in [0.25, 0.3) is 5.91 Å². The molecule has 2 aromatic rings. The lowest BCUT2D eigenvalue weighted by Gasteiger charge is -2.26. The van der Waals surface area contributed by atoms with Crippen LogP contribution < -0.4 is 10.1 Å². The molecule has 0 spiro atoms. The summed E-state index contributed by atoms with van der Waals surface area (Å²) in [5, 5.41) is 3.48. The summed E-state index contributed by atoms with van der Waals surface area (Å²) in [6.07, 6.45) is 0. The summed E-state index contributed by atoms with van der Waals surface area (Å²) in [5.74, 6) is -0.522. The van der Waals surface area contributed by atoms with Gasteiger partial charge in [-0.2, -0.15) is 0 Å². The number of hydrogen-bond acceptors (Lipinski definition) is 2. The van der Waals surface area contributed by atoms with Crippen molar-refractivity contribution in [1.29, 1.82) is 0 Å². The molecular weight excluding hydrogens is 317 g/mol. The first-order valence-electron chi connectivity index (χ1n) is 7.21. The highest BCUT2D eigenvalue weighted by Crippen LogP contribution is 2.25. The molecule has 2 rings (SSSR count). The largest absolute Gasteiger partial charge is 0.496 e. The molecule has 0 aliphatic carbocycles. The number of ether oxygens (including phenoxy) is 1. The molecule has 0 aromatic heterocycles. The van der Waals surface area contributed by atoms with Crippen molar-refractivity contribution in [3.8, 4) is 5.75 Å². The van der Waals surface area contributed by atoms with Crippen LogP contribution in [0.5, 0.6) is 5.75 Å². The van der Waals surface area contributed by atoms with Gasteiger partial charge in [0.2, 0.25) is 0 Å². The Labute approximate surface area is 140 Å². The standard InChI is InChI=1S/C18H19ClFNO2/c1-18(2,12-5-4-6-13(19)9-12)11-21-17(22)15-10-14(20)7-8-16(15)23-3/h4-10H,11H2,1-3H3,(H,21,22). The normalized spacial score (nSPS) is 11.2. The van der Waals surface area contributed by atoms with E-state index >= 15 is 0 Å². The average Bonchev–Trinajstić information content (AvgIpc) is 2.52. The smallest absolute Gasteiger partial charge is 0.255 e. The molecule has 122 valence electrons. The fourth-order valence-corrected chi connectivity index (χ4v) is 2.46. The fourth-order valence-electron chi connectivity index (χ4n) is 2.27. The van der Waals surface area contributed by atoms with E-state index < -0.39 is 5.82 Å². The maximum atomic E-state index is 13.4. The highest BCUT2D eigenvalue weighted by Gasteiger charge is 2.23. The molecule has 23 heavy (non-hydrogen) atoms. The lowest BCUT2D eigenvalue weighted by Crippen LogP contribution is -2.36. The van der Waals surface area contributed by atoms with Crippen molar-refractivity contribution in [2.24, 2.45) is 0 Å². The van der Waals surface area contributed by atoms with Crippen molar-refractivity contribution in [2.45, 2.75) is 19.3 Å². The molecule has 0 heterocycles. The monoisotopic (exact) mass is 335 g/mol. The molecule has 1 amide bonds. The SMILES string of the molecule is COc1ccc(F)cc1C(=O)NCC(C)(C)c1cccc(Cl)c1. The highest BCUT2D eigenvalue weighted by atomic mass is 35.5. The fraction of sp³-hybridized carbons (Fsp3) is 0.278. The first-order chi connectivity index (χ1) is 10.8. The van der Waals surface area contributed by atoms with Crippen molar-refractivity contribution in [1.82, 2.24) is 5.32 Å². The Morgan fingerprint density at radius 1 is 1.26 bits per heavy atom. The van der Waals surface area contributed by atoms with Crippen LogP contribution in [0.4, 0.5) is 4.39 Å². The summed E-state index contributed by atoms with van der Waals surface area (Å²) in [6, 6.07) is 11.4. The van der Waals surface area contributed by atoms with Gasteiger partial charge in [-0.25, -0.2) is 4.39 Å². The number of carbonyl (C=O) groups excluding carboxylic acids is 1.